The number of carbonyl (C=O) groups excluding carboxylic acids is 1. The van der Waals surface area contributed by atoms with Crippen LogP contribution >= 0.6 is 11.6 Å². The van der Waals surface area contributed by atoms with Gasteiger partial charge >= 0.3 is 0 Å². The van der Waals surface area contributed by atoms with Gasteiger partial charge in [0.25, 0.3) is 0 Å². The molecular weight excluding hydrogens is 232 g/mol. The maximum Gasteiger partial charge on any atom is 0.247 e. The fourth-order valence-corrected chi connectivity index (χ4v) is 1.13. The summed E-state index contributed by atoms with van der Waals surface area (Å²) < 4.78 is 1.40. The fraction of sp³-hybridized carbons (Fsp3) is 0.125. The molecule has 8 heteroatoms. The van der Waals surface area contributed by atoms with Gasteiger partial charge in [-0.2, -0.15) is 5.10 Å². The molecular formula is C8H7ClN6O. The van der Waals surface area contributed by atoms with Crippen molar-refractivity contribution in [2.45, 2.75) is 6.54 Å². The molecule has 0 radical (unpaired) electrons. The van der Waals surface area contributed by atoms with Crippen LogP contribution in [0.5, 0.6) is 0 Å². The van der Waals surface area contributed by atoms with Gasteiger partial charge in [-0.3, -0.25) is 4.79 Å². The molecule has 2 rings (SSSR count). The molecule has 0 aliphatic heterocycles. The Labute approximate surface area is 95.5 Å². The highest BCUT2D eigenvalue weighted by Gasteiger charge is 2.04. The van der Waals surface area contributed by atoms with Crippen LogP contribution in [0.15, 0.2) is 24.8 Å². The molecule has 16 heavy (non-hydrogen) atoms. The second-order valence-electron chi connectivity index (χ2n) is 2.88. The standard InChI is InChI=1S/C8H7ClN6O/c9-6-1-2-7(14-13-6)12-8(16)3-15-5-10-4-11-15/h1-2,4-5H,3H2,(H,12,14,16). The van der Waals surface area contributed by atoms with E-state index in [1.165, 1.54) is 17.3 Å². The number of aromatic nitrogens is 5. The molecule has 1 N–H and O–H groups in total. The SMILES string of the molecule is O=C(Cn1cncn1)Nc1ccc(Cl)nn1. The predicted molar refractivity (Wildman–Crippen MR) is 55.7 cm³/mol. The molecule has 0 aliphatic carbocycles. The van der Waals surface area contributed by atoms with Gasteiger partial charge < -0.3 is 5.32 Å². The minimum Gasteiger partial charge on any atom is -0.308 e. The topological polar surface area (TPSA) is 85.6 Å². The number of nitrogens with zero attached hydrogens (tertiary/aromatic N) is 5. The van der Waals surface area contributed by atoms with Crippen LogP contribution in [0.25, 0.3) is 0 Å². The maximum absolute atomic E-state index is 11.5. The highest BCUT2D eigenvalue weighted by Crippen LogP contribution is 2.05. The van der Waals surface area contributed by atoms with E-state index in [0.29, 0.717) is 5.82 Å². The molecule has 2 aromatic rings. The van der Waals surface area contributed by atoms with Crippen molar-refractivity contribution in [2.75, 3.05) is 5.32 Å². The van der Waals surface area contributed by atoms with Crippen LogP contribution in [0.1, 0.15) is 0 Å². The summed E-state index contributed by atoms with van der Waals surface area (Å²) >= 11 is 5.55. The van der Waals surface area contributed by atoms with E-state index in [1.807, 2.05) is 0 Å². The van der Waals surface area contributed by atoms with Crippen molar-refractivity contribution in [1.82, 2.24) is 25.0 Å². The van der Waals surface area contributed by atoms with E-state index in [2.05, 4.69) is 25.6 Å². The van der Waals surface area contributed by atoms with E-state index in [0.717, 1.165) is 0 Å². The lowest BCUT2D eigenvalue weighted by molar-refractivity contribution is -0.116. The normalized spacial score (nSPS) is 10.1. The smallest absolute Gasteiger partial charge is 0.247 e. The molecule has 0 spiro atoms. The summed E-state index contributed by atoms with van der Waals surface area (Å²) in [6, 6.07) is 3.11. The Morgan fingerprint density at radius 3 is 2.94 bits per heavy atom. The average molecular weight is 239 g/mol. The molecule has 2 aromatic heterocycles. The first-order chi connectivity index (χ1) is 7.74. The zero-order chi connectivity index (χ0) is 11.4. The Hall–Kier alpha value is -2.02. The lowest BCUT2D eigenvalue weighted by Gasteiger charge is -2.02. The van der Waals surface area contributed by atoms with Gasteiger partial charge in [-0.1, -0.05) is 11.6 Å². The average Bonchev–Trinajstić information content (AvgIpc) is 2.74. The molecule has 0 saturated heterocycles. The Kier molecular flexibility index (Phi) is 3.06. The highest BCUT2D eigenvalue weighted by molar-refractivity contribution is 6.29. The fourth-order valence-electron chi connectivity index (χ4n) is 1.03. The van der Waals surface area contributed by atoms with Crippen molar-refractivity contribution >= 4 is 23.3 Å². The van der Waals surface area contributed by atoms with Crippen molar-refractivity contribution in [3.05, 3.63) is 29.9 Å². The molecule has 0 aliphatic rings. The van der Waals surface area contributed by atoms with Crippen LogP contribution in [0.4, 0.5) is 5.82 Å². The zero-order valence-corrected chi connectivity index (χ0v) is 8.79. The summed E-state index contributed by atoms with van der Waals surface area (Å²) in [5, 5.41) is 13.9. The van der Waals surface area contributed by atoms with Gasteiger partial charge in [-0.25, -0.2) is 9.67 Å². The maximum atomic E-state index is 11.5. The number of halogens is 1. The molecule has 82 valence electrons. The number of amides is 1. The first-order valence-electron chi connectivity index (χ1n) is 4.35. The van der Waals surface area contributed by atoms with Gasteiger partial charge in [0.2, 0.25) is 5.91 Å². The molecule has 0 aromatic carbocycles. The summed E-state index contributed by atoms with van der Waals surface area (Å²) in [5.41, 5.74) is 0. The van der Waals surface area contributed by atoms with E-state index < -0.39 is 0 Å². The number of anilines is 1. The largest absolute Gasteiger partial charge is 0.308 e. The summed E-state index contributed by atoms with van der Waals surface area (Å²) in [6.07, 6.45) is 2.81. The Bertz CT molecular complexity index is 468. The van der Waals surface area contributed by atoms with E-state index in [-0.39, 0.29) is 17.6 Å². The van der Waals surface area contributed by atoms with Gasteiger partial charge in [-0.05, 0) is 12.1 Å². The predicted octanol–water partition coefficient (Wildman–Crippen LogP) is 0.360. The first-order valence-corrected chi connectivity index (χ1v) is 4.73. The third-order valence-corrected chi connectivity index (χ3v) is 1.87. The lowest BCUT2D eigenvalue weighted by Crippen LogP contribution is -2.19. The molecule has 0 atom stereocenters. The van der Waals surface area contributed by atoms with E-state index in [1.54, 1.807) is 12.1 Å². The summed E-state index contributed by atoms with van der Waals surface area (Å²) in [7, 11) is 0. The van der Waals surface area contributed by atoms with Crippen LogP contribution in [0.2, 0.25) is 5.15 Å². The van der Waals surface area contributed by atoms with Crippen LogP contribution in [0.3, 0.4) is 0 Å². The second kappa shape index (κ2) is 4.67. The van der Waals surface area contributed by atoms with Crippen molar-refractivity contribution in [1.29, 1.82) is 0 Å². The molecule has 7 nitrogen and oxygen atoms in total. The molecule has 0 unspecified atom stereocenters. The Morgan fingerprint density at radius 1 is 1.44 bits per heavy atom. The second-order valence-corrected chi connectivity index (χ2v) is 3.27. The number of carbonyl (C=O) groups is 1. The third kappa shape index (κ3) is 2.74. The Morgan fingerprint density at radius 2 is 2.31 bits per heavy atom. The molecule has 0 fully saturated rings. The zero-order valence-electron chi connectivity index (χ0n) is 8.04. The molecule has 0 saturated carbocycles. The molecule has 2 heterocycles. The highest BCUT2D eigenvalue weighted by atomic mass is 35.5. The number of rotatable bonds is 3. The first kappa shape index (κ1) is 10.5. The monoisotopic (exact) mass is 238 g/mol. The van der Waals surface area contributed by atoms with Gasteiger partial charge in [0.1, 0.15) is 19.2 Å². The molecule has 1 amide bonds. The van der Waals surface area contributed by atoms with Crippen molar-refractivity contribution in [3.63, 3.8) is 0 Å². The van der Waals surface area contributed by atoms with Gasteiger partial charge in [-0.15, -0.1) is 10.2 Å². The van der Waals surface area contributed by atoms with E-state index >= 15 is 0 Å². The van der Waals surface area contributed by atoms with Crippen molar-refractivity contribution < 1.29 is 4.79 Å². The van der Waals surface area contributed by atoms with Crippen LogP contribution < -0.4 is 5.32 Å². The lowest BCUT2D eigenvalue weighted by atomic mass is 10.5. The van der Waals surface area contributed by atoms with Crippen LogP contribution in [0, 0.1) is 0 Å². The van der Waals surface area contributed by atoms with Gasteiger partial charge in [0, 0.05) is 0 Å². The molecule has 0 bridgehead atoms. The summed E-state index contributed by atoms with van der Waals surface area (Å²) in [5.74, 6) is 0.0802. The van der Waals surface area contributed by atoms with Gasteiger partial charge in [0.05, 0.1) is 0 Å². The van der Waals surface area contributed by atoms with E-state index in [9.17, 15) is 4.79 Å². The number of hydrogen-bond acceptors (Lipinski definition) is 5. The van der Waals surface area contributed by atoms with Crippen LogP contribution in [-0.4, -0.2) is 30.9 Å². The minimum atomic E-state index is -0.262. The number of hydrogen-bond donors (Lipinski definition) is 1. The quantitative estimate of drug-likeness (QED) is 0.835. The van der Waals surface area contributed by atoms with E-state index in [4.69, 9.17) is 11.6 Å². The minimum absolute atomic E-state index is 0.0737. The van der Waals surface area contributed by atoms with Crippen molar-refractivity contribution in [2.24, 2.45) is 0 Å². The van der Waals surface area contributed by atoms with Gasteiger partial charge in [0.15, 0.2) is 11.0 Å². The summed E-state index contributed by atoms with van der Waals surface area (Å²) in [4.78, 5) is 15.2. The van der Waals surface area contributed by atoms with Crippen molar-refractivity contribution in [3.8, 4) is 0 Å². The number of nitrogens with one attached hydrogen (secondary N) is 1. The van der Waals surface area contributed by atoms with Crippen LogP contribution in [-0.2, 0) is 11.3 Å². The summed E-state index contributed by atoms with van der Waals surface area (Å²) in [6.45, 7) is 0.0737. The third-order valence-electron chi connectivity index (χ3n) is 1.67. The Balaban J connectivity index is 1.95.